The molecule has 0 heterocycles. The van der Waals surface area contributed by atoms with Crippen LogP contribution in [0.25, 0.3) is 0 Å². The van der Waals surface area contributed by atoms with Gasteiger partial charge in [0.05, 0.1) is 13.7 Å². The molecule has 0 radical (unpaired) electrons. The largest absolute Gasteiger partial charge is 0.493 e. The van der Waals surface area contributed by atoms with Gasteiger partial charge >= 0.3 is 0 Å². The fourth-order valence-corrected chi connectivity index (χ4v) is 3.24. The number of carbonyl (C=O) groups is 2. The van der Waals surface area contributed by atoms with Gasteiger partial charge in [-0.15, -0.1) is 0 Å². The normalized spacial score (nSPS) is 10.5. The number of methoxy groups -OCH3 is 1. The molecule has 0 aromatic heterocycles. The summed E-state index contributed by atoms with van der Waals surface area (Å²) in [5.41, 5.74) is 2.28. The van der Waals surface area contributed by atoms with Gasteiger partial charge in [0, 0.05) is 17.3 Å². The summed E-state index contributed by atoms with van der Waals surface area (Å²) in [6, 6.07) is 24.4. The summed E-state index contributed by atoms with van der Waals surface area (Å²) in [5, 5.41) is 2.77. The Balaban J connectivity index is 1.83. The highest BCUT2D eigenvalue weighted by Gasteiger charge is 2.20. The molecular formula is C26H28N2O4. The quantitative estimate of drug-likeness (QED) is 0.543. The minimum absolute atomic E-state index is 0.0292. The van der Waals surface area contributed by atoms with Crippen molar-refractivity contribution in [3.05, 3.63) is 90.0 Å². The van der Waals surface area contributed by atoms with Crippen LogP contribution in [0.5, 0.6) is 11.5 Å². The Morgan fingerprint density at radius 2 is 1.56 bits per heavy atom. The first-order chi connectivity index (χ1) is 15.5. The Labute approximate surface area is 188 Å². The van der Waals surface area contributed by atoms with Crippen LogP contribution in [0.4, 0.5) is 5.69 Å². The van der Waals surface area contributed by atoms with E-state index >= 15 is 0 Å². The predicted molar refractivity (Wildman–Crippen MR) is 125 cm³/mol. The molecule has 6 nitrogen and oxygen atoms in total. The number of ether oxygens (including phenoxy) is 2. The smallest absolute Gasteiger partial charge is 0.258 e. The van der Waals surface area contributed by atoms with Crippen molar-refractivity contribution < 1.29 is 19.1 Å². The third-order valence-electron chi connectivity index (χ3n) is 4.72. The number of anilines is 1. The molecule has 3 aromatic rings. The first-order valence-electron chi connectivity index (χ1n) is 10.5. The molecule has 166 valence electrons. The van der Waals surface area contributed by atoms with Crippen LogP contribution in [0.2, 0.25) is 0 Å². The van der Waals surface area contributed by atoms with Crippen molar-refractivity contribution in [3.63, 3.8) is 0 Å². The highest BCUT2D eigenvalue weighted by atomic mass is 16.5. The van der Waals surface area contributed by atoms with Crippen LogP contribution in [0, 0.1) is 0 Å². The van der Waals surface area contributed by atoms with Gasteiger partial charge in [0.15, 0.2) is 18.1 Å². The highest BCUT2D eigenvalue weighted by molar-refractivity contribution is 6.06. The van der Waals surface area contributed by atoms with Crippen LogP contribution in [0.3, 0.4) is 0 Å². The average molecular weight is 433 g/mol. The van der Waals surface area contributed by atoms with Crippen LogP contribution in [-0.4, -0.2) is 31.6 Å². The van der Waals surface area contributed by atoms with E-state index in [4.69, 9.17) is 9.47 Å². The van der Waals surface area contributed by atoms with Gasteiger partial charge in [-0.2, -0.15) is 0 Å². The van der Waals surface area contributed by atoms with Gasteiger partial charge in [-0.3, -0.25) is 9.59 Å². The predicted octanol–water partition coefficient (Wildman–Crippen LogP) is 4.45. The Kier molecular flexibility index (Phi) is 7.86. The van der Waals surface area contributed by atoms with Gasteiger partial charge in [-0.05, 0) is 49.7 Å². The van der Waals surface area contributed by atoms with E-state index in [1.165, 1.54) is 7.11 Å². The van der Waals surface area contributed by atoms with E-state index in [1.807, 2.05) is 74.5 Å². The number of hydrogen-bond acceptors (Lipinski definition) is 4. The van der Waals surface area contributed by atoms with Gasteiger partial charge in [-0.1, -0.05) is 48.5 Å². The number of benzene rings is 3. The zero-order valence-corrected chi connectivity index (χ0v) is 18.6. The summed E-state index contributed by atoms with van der Waals surface area (Å²) in [5.74, 6) is 0.404. The minimum atomic E-state index is -0.222. The lowest BCUT2D eigenvalue weighted by atomic mass is 10.1. The first-order valence-corrected chi connectivity index (χ1v) is 10.5. The fraction of sp³-hybridized carbons (Fsp3) is 0.231. The molecule has 0 saturated carbocycles. The molecule has 32 heavy (non-hydrogen) atoms. The summed E-state index contributed by atoms with van der Waals surface area (Å²) in [7, 11) is 1.50. The summed E-state index contributed by atoms with van der Waals surface area (Å²) >= 11 is 0. The lowest BCUT2D eigenvalue weighted by Gasteiger charge is -2.23. The zero-order valence-electron chi connectivity index (χ0n) is 18.6. The second kappa shape index (κ2) is 11.0. The highest BCUT2D eigenvalue weighted by Crippen LogP contribution is 2.30. The molecule has 0 unspecified atom stereocenters. The lowest BCUT2D eigenvalue weighted by Crippen LogP contribution is -2.34. The van der Waals surface area contributed by atoms with E-state index in [2.05, 4.69) is 5.32 Å². The summed E-state index contributed by atoms with van der Waals surface area (Å²) < 4.78 is 11.0. The van der Waals surface area contributed by atoms with E-state index in [0.29, 0.717) is 23.6 Å². The maximum atomic E-state index is 13.5. The molecule has 0 aliphatic rings. The van der Waals surface area contributed by atoms with Crippen molar-refractivity contribution in [1.29, 1.82) is 0 Å². The van der Waals surface area contributed by atoms with E-state index in [9.17, 15) is 9.59 Å². The third kappa shape index (κ3) is 6.11. The van der Waals surface area contributed by atoms with E-state index in [1.54, 1.807) is 23.1 Å². The fourth-order valence-electron chi connectivity index (χ4n) is 3.24. The van der Waals surface area contributed by atoms with Crippen LogP contribution >= 0.6 is 0 Å². The molecule has 3 aromatic carbocycles. The molecule has 1 N–H and O–H groups in total. The molecule has 3 rings (SSSR count). The van der Waals surface area contributed by atoms with Gasteiger partial charge in [0.1, 0.15) is 0 Å². The summed E-state index contributed by atoms with van der Waals surface area (Å²) in [6.07, 6.45) is 0. The molecule has 0 saturated heterocycles. The Morgan fingerprint density at radius 1 is 0.906 bits per heavy atom. The number of para-hydroxylation sites is 1. The van der Waals surface area contributed by atoms with Crippen LogP contribution < -0.4 is 19.7 Å². The van der Waals surface area contributed by atoms with Crippen LogP contribution in [-0.2, 0) is 11.3 Å². The zero-order chi connectivity index (χ0) is 22.9. The first kappa shape index (κ1) is 22.9. The van der Waals surface area contributed by atoms with Crippen molar-refractivity contribution >= 4 is 17.5 Å². The minimum Gasteiger partial charge on any atom is -0.493 e. The van der Waals surface area contributed by atoms with Gasteiger partial charge in [0.25, 0.3) is 11.8 Å². The number of carbonyl (C=O) groups excluding carboxylic acids is 2. The Hall–Kier alpha value is -3.80. The molecule has 0 spiro atoms. The van der Waals surface area contributed by atoms with E-state index < -0.39 is 0 Å². The average Bonchev–Trinajstić information content (AvgIpc) is 2.81. The third-order valence-corrected chi connectivity index (χ3v) is 4.72. The summed E-state index contributed by atoms with van der Waals surface area (Å²) in [4.78, 5) is 27.1. The molecule has 2 amide bonds. The molecule has 0 aliphatic heterocycles. The Bertz CT molecular complexity index is 1040. The van der Waals surface area contributed by atoms with Crippen LogP contribution in [0.15, 0.2) is 78.9 Å². The number of amides is 2. The van der Waals surface area contributed by atoms with Crippen molar-refractivity contribution in [2.75, 3.05) is 18.6 Å². The lowest BCUT2D eigenvalue weighted by molar-refractivity contribution is -0.123. The van der Waals surface area contributed by atoms with E-state index in [0.717, 1.165) is 11.3 Å². The number of nitrogens with one attached hydrogen (secondary N) is 1. The van der Waals surface area contributed by atoms with Gasteiger partial charge in [0.2, 0.25) is 0 Å². The monoisotopic (exact) mass is 432 g/mol. The second-order valence-electron chi connectivity index (χ2n) is 7.59. The standard InChI is InChI=1S/C26H28N2O4/c1-19(2)27-25(29)18-32-23-15-14-21(16-24(23)31-3)26(30)28(22-12-8-5-9-13-22)17-20-10-6-4-7-11-20/h4-16,19H,17-18H2,1-3H3,(H,27,29). The SMILES string of the molecule is COc1cc(C(=O)N(Cc2ccccc2)c2ccccc2)ccc1OCC(=O)NC(C)C. The molecule has 0 atom stereocenters. The molecule has 0 bridgehead atoms. The molecule has 6 heteroatoms. The molecule has 0 fully saturated rings. The van der Waals surface area contributed by atoms with Crippen molar-refractivity contribution in [1.82, 2.24) is 5.32 Å². The topological polar surface area (TPSA) is 67.9 Å². The van der Waals surface area contributed by atoms with Crippen LogP contribution in [0.1, 0.15) is 29.8 Å². The maximum Gasteiger partial charge on any atom is 0.258 e. The molecule has 0 aliphatic carbocycles. The van der Waals surface area contributed by atoms with E-state index in [-0.39, 0.29) is 24.5 Å². The number of rotatable bonds is 9. The maximum absolute atomic E-state index is 13.5. The van der Waals surface area contributed by atoms with Crippen molar-refractivity contribution in [2.24, 2.45) is 0 Å². The number of hydrogen-bond donors (Lipinski definition) is 1. The van der Waals surface area contributed by atoms with Gasteiger partial charge < -0.3 is 19.7 Å². The summed E-state index contributed by atoms with van der Waals surface area (Å²) in [6.45, 7) is 4.06. The van der Waals surface area contributed by atoms with Crippen molar-refractivity contribution in [3.8, 4) is 11.5 Å². The number of nitrogens with zero attached hydrogens (tertiary/aromatic N) is 1. The van der Waals surface area contributed by atoms with Gasteiger partial charge in [-0.25, -0.2) is 0 Å². The van der Waals surface area contributed by atoms with Crippen molar-refractivity contribution in [2.45, 2.75) is 26.4 Å². The Morgan fingerprint density at radius 3 is 2.19 bits per heavy atom. The second-order valence-corrected chi connectivity index (χ2v) is 7.59. The molecular weight excluding hydrogens is 404 g/mol.